The maximum absolute atomic E-state index is 10.7. The van der Waals surface area contributed by atoms with Crippen LogP contribution in [0.5, 0.6) is 0 Å². The molecule has 4 heteroatoms. The number of carbonyl (C=O) groups excluding carboxylic acids is 1. The first kappa shape index (κ1) is 10.2. The number of anilines is 1. The van der Waals surface area contributed by atoms with Crippen molar-refractivity contribution in [3.05, 3.63) is 25.3 Å². The molecule has 1 N–H and O–H groups in total. The summed E-state index contributed by atoms with van der Waals surface area (Å²) in [4.78, 5) is 10.7. The number of amides is 1. The van der Waals surface area contributed by atoms with Crippen molar-refractivity contribution in [2.45, 2.75) is 6.92 Å². The van der Waals surface area contributed by atoms with Crippen molar-refractivity contribution in [2.24, 2.45) is 0 Å². The Hall–Kier alpha value is 0.150. The van der Waals surface area contributed by atoms with Gasteiger partial charge in [0.2, 0.25) is 5.91 Å². The zero-order valence-electron chi connectivity index (χ0n) is 6.40. The maximum atomic E-state index is 10.7. The molecule has 0 saturated carbocycles. The van der Waals surface area contributed by atoms with Crippen molar-refractivity contribution in [1.82, 2.24) is 0 Å². The number of hydrogen-bond acceptors (Lipinski definition) is 1. The largest absolute Gasteiger partial charge is 0.325 e. The van der Waals surface area contributed by atoms with Crippen molar-refractivity contribution < 1.29 is 4.79 Å². The van der Waals surface area contributed by atoms with Crippen LogP contribution in [0, 0.1) is 7.14 Å². The summed E-state index contributed by atoms with van der Waals surface area (Å²) in [6.07, 6.45) is 0. The van der Waals surface area contributed by atoms with Gasteiger partial charge in [0, 0.05) is 14.1 Å². The molecule has 0 saturated heterocycles. The van der Waals surface area contributed by atoms with Crippen LogP contribution in [0.25, 0.3) is 0 Å². The smallest absolute Gasteiger partial charge is 0.221 e. The van der Waals surface area contributed by atoms with Crippen LogP contribution in [0.15, 0.2) is 18.2 Å². The summed E-state index contributed by atoms with van der Waals surface area (Å²) in [7, 11) is 0. The molecule has 64 valence electrons. The van der Waals surface area contributed by atoms with Gasteiger partial charge in [-0.3, -0.25) is 4.79 Å². The van der Waals surface area contributed by atoms with Gasteiger partial charge in [0.1, 0.15) is 0 Å². The summed E-state index contributed by atoms with van der Waals surface area (Å²) in [5, 5.41) is 2.75. The molecule has 0 heterocycles. The third kappa shape index (κ3) is 2.89. The van der Waals surface area contributed by atoms with E-state index in [4.69, 9.17) is 0 Å². The summed E-state index contributed by atoms with van der Waals surface area (Å²) >= 11 is 4.44. The monoisotopic (exact) mass is 387 g/mol. The molecule has 0 radical (unpaired) electrons. The van der Waals surface area contributed by atoms with Crippen LogP contribution >= 0.6 is 45.2 Å². The Morgan fingerprint density at radius 3 is 2.58 bits per heavy atom. The van der Waals surface area contributed by atoms with Crippen molar-refractivity contribution >= 4 is 56.8 Å². The molecule has 0 unspecified atom stereocenters. The van der Waals surface area contributed by atoms with E-state index in [0.29, 0.717) is 0 Å². The van der Waals surface area contributed by atoms with Crippen LogP contribution in [-0.2, 0) is 4.79 Å². The van der Waals surface area contributed by atoms with E-state index in [9.17, 15) is 4.79 Å². The van der Waals surface area contributed by atoms with Crippen LogP contribution in [0.4, 0.5) is 5.69 Å². The average Bonchev–Trinajstić information content (AvgIpc) is 1.94. The predicted octanol–water partition coefficient (Wildman–Crippen LogP) is 2.85. The minimum Gasteiger partial charge on any atom is -0.325 e. The van der Waals surface area contributed by atoms with E-state index in [1.165, 1.54) is 10.5 Å². The number of benzene rings is 1. The molecular weight excluding hydrogens is 380 g/mol. The van der Waals surface area contributed by atoms with Gasteiger partial charge >= 0.3 is 0 Å². The zero-order valence-corrected chi connectivity index (χ0v) is 10.7. The van der Waals surface area contributed by atoms with Gasteiger partial charge in [0.05, 0.1) is 5.69 Å². The fourth-order valence-electron chi connectivity index (χ4n) is 0.780. The quantitative estimate of drug-likeness (QED) is 0.739. The van der Waals surface area contributed by atoms with E-state index >= 15 is 0 Å². The highest BCUT2D eigenvalue weighted by Gasteiger charge is 2.00. The molecule has 0 aliphatic carbocycles. The molecule has 0 aliphatic heterocycles. The Kier molecular flexibility index (Phi) is 3.76. The summed E-state index contributed by atoms with van der Waals surface area (Å²) in [6, 6.07) is 5.89. The Bertz CT molecular complexity index is 312. The number of halogens is 2. The third-order valence-corrected chi connectivity index (χ3v) is 2.81. The standard InChI is InChI=1S/C8H7I2NO/c1-5(12)11-8-3-2-6(9)4-7(8)10/h2-4H,1H3,(H,11,12). The van der Waals surface area contributed by atoms with Gasteiger partial charge in [-0.2, -0.15) is 0 Å². The lowest BCUT2D eigenvalue weighted by atomic mass is 10.3. The van der Waals surface area contributed by atoms with Crippen LogP contribution in [0.1, 0.15) is 6.92 Å². The van der Waals surface area contributed by atoms with Crippen molar-refractivity contribution in [2.75, 3.05) is 5.32 Å². The second-order valence-electron chi connectivity index (χ2n) is 2.31. The molecule has 2 nitrogen and oxygen atoms in total. The fraction of sp³-hybridized carbons (Fsp3) is 0.125. The number of hydrogen-bond donors (Lipinski definition) is 1. The minimum absolute atomic E-state index is 0.0332. The molecule has 0 spiro atoms. The summed E-state index contributed by atoms with van der Waals surface area (Å²) < 4.78 is 2.24. The lowest BCUT2D eigenvalue weighted by Gasteiger charge is -2.04. The molecular formula is C8H7I2NO. The van der Waals surface area contributed by atoms with E-state index in [1.807, 2.05) is 18.2 Å². The average molecular weight is 387 g/mol. The molecule has 1 aromatic rings. The maximum Gasteiger partial charge on any atom is 0.221 e. The Balaban J connectivity index is 2.93. The van der Waals surface area contributed by atoms with Gasteiger partial charge in [0.15, 0.2) is 0 Å². The van der Waals surface area contributed by atoms with E-state index in [0.717, 1.165) is 9.26 Å². The normalized spacial score (nSPS) is 9.58. The van der Waals surface area contributed by atoms with Gasteiger partial charge in [0.25, 0.3) is 0 Å². The van der Waals surface area contributed by atoms with E-state index in [1.54, 1.807) is 0 Å². The van der Waals surface area contributed by atoms with Gasteiger partial charge in [-0.25, -0.2) is 0 Å². The Labute approximate surface area is 98.4 Å². The van der Waals surface area contributed by atoms with Gasteiger partial charge in [-0.05, 0) is 63.4 Å². The van der Waals surface area contributed by atoms with Crippen LogP contribution in [0.2, 0.25) is 0 Å². The molecule has 0 aromatic heterocycles. The number of nitrogens with one attached hydrogen (secondary N) is 1. The van der Waals surface area contributed by atoms with Crippen molar-refractivity contribution in [3.8, 4) is 0 Å². The second-order valence-corrected chi connectivity index (χ2v) is 4.71. The van der Waals surface area contributed by atoms with Crippen LogP contribution < -0.4 is 5.32 Å². The van der Waals surface area contributed by atoms with Crippen LogP contribution in [0.3, 0.4) is 0 Å². The Morgan fingerprint density at radius 2 is 2.08 bits per heavy atom. The van der Waals surface area contributed by atoms with E-state index in [-0.39, 0.29) is 5.91 Å². The highest BCUT2D eigenvalue weighted by Crippen LogP contribution is 2.20. The highest BCUT2D eigenvalue weighted by atomic mass is 127. The topological polar surface area (TPSA) is 29.1 Å². The molecule has 1 amide bonds. The molecule has 0 aliphatic rings. The first-order chi connectivity index (χ1) is 5.59. The highest BCUT2D eigenvalue weighted by molar-refractivity contribution is 14.1. The minimum atomic E-state index is -0.0332. The summed E-state index contributed by atoms with van der Waals surface area (Å²) in [6.45, 7) is 1.51. The number of rotatable bonds is 1. The molecule has 0 fully saturated rings. The SMILES string of the molecule is CC(=O)Nc1ccc(I)cc1I. The number of carbonyl (C=O) groups is 1. The van der Waals surface area contributed by atoms with Gasteiger partial charge in [-0.1, -0.05) is 0 Å². The molecule has 12 heavy (non-hydrogen) atoms. The molecule has 1 rings (SSSR count). The molecule has 0 atom stereocenters. The zero-order chi connectivity index (χ0) is 9.14. The second kappa shape index (κ2) is 4.40. The summed E-state index contributed by atoms with van der Waals surface area (Å²) in [5.41, 5.74) is 0.878. The molecule has 1 aromatic carbocycles. The Morgan fingerprint density at radius 1 is 1.42 bits per heavy atom. The fourth-order valence-corrected chi connectivity index (χ4v) is 2.52. The summed E-state index contributed by atoms with van der Waals surface area (Å²) in [5.74, 6) is -0.0332. The lowest BCUT2D eigenvalue weighted by Crippen LogP contribution is -2.06. The predicted molar refractivity (Wildman–Crippen MR) is 66.2 cm³/mol. The van der Waals surface area contributed by atoms with E-state index < -0.39 is 0 Å². The third-order valence-electron chi connectivity index (χ3n) is 1.24. The molecule has 0 bridgehead atoms. The van der Waals surface area contributed by atoms with Crippen LogP contribution in [-0.4, -0.2) is 5.91 Å². The van der Waals surface area contributed by atoms with Gasteiger partial charge < -0.3 is 5.32 Å². The van der Waals surface area contributed by atoms with Crippen molar-refractivity contribution in [3.63, 3.8) is 0 Å². The van der Waals surface area contributed by atoms with Gasteiger partial charge in [-0.15, -0.1) is 0 Å². The first-order valence-corrected chi connectivity index (χ1v) is 5.48. The lowest BCUT2D eigenvalue weighted by molar-refractivity contribution is -0.114. The van der Waals surface area contributed by atoms with Crippen molar-refractivity contribution in [1.29, 1.82) is 0 Å². The van der Waals surface area contributed by atoms with E-state index in [2.05, 4.69) is 50.5 Å². The first-order valence-electron chi connectivity index (χ1n) is 3.32.